The summed E-state index contributed by atoms with van der Waals surface area (Å²) in [5.74, 6) is 0.212. The fraction of sp³-hybridized carbons (Fsp3) is 0.545. The van der Waals surface area contributed by atoms with Gasteiger partial charge in [-0.15, -0.1) is 0 Å². The highest BCUT2D eigenvalue weighted by molar-refractivity contribution is 6.01. The quantitative estimate of drug-likeness (QED) is 0.787. The predicted molar refractivity (Wildman–Crippen MR) is 60.9 cm³/mol. The van der Waals surface area contributed by atoms with Crippen molar-refractivity contribution in [3.8, 4) is 0 Å². The van der Waals surface area contributed by atoms with Crippen molar-refractivity contribution in [2.45, 2.75) is 20.4 Å². The first-order valence-electron chi connectivity index (χ1n) is 5.65. The average Bonchev–Trinajstić information content (AvgIpc) is 2.83. The molecule has 0 radical (unpaired) electrons. The minimum absolute atomic E-state index is 0.148. The van der Waals surface area contributed by atoms with Crippen molar-refractivity contribution in [1.82, 2.24) is 20.0 Å². The molecule has 0 atom stereocenters. The Morgan fingerprint density at radius 3 is 2.82 bits per heavy atom. The molecule has 1 aromatic heterocycles. The molecule has 1 aromatic rings. The predicted octanol–water partition coefficient (Wildman–Crippen LogP) is 0.830. The van der Waals surface area contributed by atoms with E-state index in [0.717, 1.165) is 5.69 Å². The molecular formula is C11H16N4O2. The van der Waals surface area contributed by atoms with Gasteiger partial charge in [0.15, 0.2) is 0 Å². The van der Waals surface area contributed by atoms with Crippen LogP contribution in [0.5, 0.6) is 0 Å². The molecule has 17 heavy (non-hydrogen) atoms. The Balaban J connectivity index is 2.04. The van der Waals surface area contributed by atoms with Crippen LogP contribution in [0.25, 0.3) is 0 Å². The molecular weight excluding hydrogens is 220 g/mol. The van der Waals surface area contributed by atoms with Crippen LogP contribution in [-0.4, -0.2) is 45.0 Å². The van der Waals surface area contributed by atoms with Gasteiger partial charge in [0.05, 0.1) is 12.2 Å². The third-order valence-corrected chi connectivity index (χ3v) is 2.60. The van der Waals surface area contributed by atoms with E-state index >= 15 is 0 Å². The van der Waals surface area contributed by atoms with Crippen molar-refractivity contribution in [2.24, 2.45) is 5.92 Å². The van der Waals surface area contributed by atoms with Gasteiger partial charge in [-0.25, -0.2) is 4.79 Å². The van der Waals surface area contributed by atoms with Crippen molar-refractivity contribution in [3.63, 3.8) is 0 Å². The van der Waals surface area contributed by atoms with Crippen LogP contribution >= 0.6 is 0 Å². The van der Waals surface area contributed by atoms with Gasteiger partial charge in [0.2, 0.25) is 0 Å². The summed E-state index contributed by atoms with van der Waals surface area (Å²) < 4.78 is 0. The summed E-state index contributed by atoms with van der Waals surface area (Å²) in [5.41, 5.74) is 0.762. The Hall–Kier alpha value is -1.85. The van der Waals surface area contributed by atoms with Crippen LogP contribution in [0, 0.1) is 5.92 Å². The largest absolute Gasteiger partial charge is 0.327 e. The summed E-state index contributed by atoms with van der Waals surface area (Å²) in [7, 11) is 0. The number of carbonyl (C=O) groups is 2. The van der Waals surface area contributed by atoms with Gasteiger partial charge in [0.1, 0.15) is 6.54 Å². The van der Waals surface area contributed by atoms with Gasteiger partial charge in [-0.05, 0) is 12.0 Å². The van der Waals surface area contributed by atoms with E-state index in [4.69, 9.17) is 0 Å². The van der Waals surface area contributed by atoms with Crippen LogP contribution in [0.3, 0.4) is 0 Å². The van der Waals surface area contributed by atoms with Crippen LogP contribution < -0.4 is 0 Å². The van der Waals surface area contributed by atoms with E-state index in [1.165, 1.54) is 4.90 Å². The smallest absolute Gasteiger partial charge is 0.315 e. The van der Waals surface area contributed by atoms with Crippen molar-refractivity contribution in [1.29, 1.82) is 0 Å². The summed E-state index contributed by atoms with van der Waals surface area (Å²) in [5, 5.41) is 6.54. The Bertz CT molecular complexity index is 413. The molecule has 0 bridgehead atoms. The molecule has 1 saturated heterocycles. The van der Waals surface area contributed by atoms with Crippen molar-refractivity contribution >= 4 is 11.9 Å². The minimum Gasteiger partial charge on any atom is -0.315 e. The number of urea groups is 1. The molecule has 1 aliphatic rings. The maximum Gasteiger partial charge on any atom is 0.327 e. The normalized spacial score (nSPS) is 16.4. The van der Waals surface area contributed by atoms with Gasteiger partial charge >= 0.3 is 6.03 Å². The number of nitrogens with one attached hydrogen (secondary N) is 1. The summed E-state index contributed by atoms with van der Waals surface area (Å²) in [6.45, 7) is 5.12. The highest BCUT2D eigenvalue weighted by Gasteiger charge is 2.36. The molecule has 3 amide bonds. The molecule has 0 aliphatic carbocycles. The maximum atomic E-state index is 12.0. The minimum atomic E-state index is -0.210. The van der Waals surface area contributed by atoms with Gasteiger partial charge in [0, 0.05) is 12.7 Å². The molecule has 6 heteroatoms. The first-order chi connectivity index (χ1) is 8.08. The lowest BCUT2D eigenvalue weighted by Crippen LogP contribution is -2.34. The lowest BCUT2D eigenvalue weighted by Gasteiger charge is -2.18. The second-order valence-electron chi connectivity index (χ2n) is 4.62. The number of rotatable bonds is 4. The van der Waals surface area contributed by atoms with E-state index < -0.39 is 0 Å². The molecule has 0 unspecified atom stereocenters. The third kappa shape index (κ3) is 2.46. The topological polar surface area (TPSA) is 69.3 Å². The van der Waals surface area contributed by atoms with Gasteiger partial charge < -0.3 is 4.90 Å². The second kappa shape index (κ2) is 4.57. The van der Waals surface area contributed by atoms with E-state index in [1.807, 2.05) is 13.8 Å². The van der Waals surface area contributed by atoms with Crippen LogP contribution in [0.15, 0.2) is 12.3 Å². The monoisotopic (exact) mass is 236 g/mol. The number of nitrogens with zero attached hydrogens (tertiary/aromatic N) is 3. The Morgan fingerprint density at radius 2 is 2.24 bits per heavy atom. The SMILES string of the molecule is CC(C)CN1CC(=O)N(Cc2ccn[nH]2)C1=O. The highest BCUT2D eigenvalue weighted by atomic mass is 16.2. The summed E-state index contributed by atoms with van der Waals surface area (Å²) in [6, 6.07) is 1.55. The number of carbonyl (C=O) groups excluding carboxylic acids is 2. The Morgan fingerprint density at radius 1 is 1.47 bits per heavy atom. The zero-order chi connectivity index (χ0) is 12.4. The first kappa shape index (κ1) is 11.6. The molecule has 0 saturated carbocycles. The molecule has 1 fully saturated rings. The number of hydrogen-bond donors (Lipinski definition) is 1. The summed E-state index contributed by atoms with van der Waals surface area (Å²) in [6.07, 6.45) is 1.60. The second-order valence-corrected chi connectivity index (χ2v) is 4.62. The van der Waals surface area contributed by atoms with Gasteiger partial charge in [-0.3, -0.25) is 14.8 Å². The lowest BCUT2D eigenvalue weighted by molar-refractivity contribution is -0.125. The Kier molecular flexibility index (Phi) is 3.12. The molecule has 92 valence electrons. The standard InChI is InChI=1S/C11H16N4O2/c1-8(2)5-14-7-10(16)15(11(14)17)6-9-3-4-12-13-9/h3-4,8H,5-7H2,1-2H3,(H,12,13). The van der Waals surface area contributed by atoms with Crippen LogP contribution in [0.4, 0.5) is 4.79 Å². The maximum absolute atomic E-state index is 12.0. The number of imide groups is 1. The summed E-state index contributed by atoms with van der Waals surface area (Å²) in [4.78, 5) is 26.6. The molecule has 1 aliphatic heterocycles. The number of H-pyrrole nitrogens is 1. The van der Waals surface area contributed by atoms with E-state index in [2.05, 4.69) is 10.2 Å². The molecule has 0 aromatic carbocycles. The van der Waals surface area contributed by atoms with E-state index in [1.54, 1.807) is 17.2 Å². The fourth-order valence-corrected chi connectivity index (χ4v) is 1.88. The molecule has 2 heterocycles. The third-order valence-electron chi connectivity index (χ3n) is 2.60. The summed E-state index contributed by atoms with van der Waals surface area (Å²) >= 11 is 0. The van der Waals surface area contributed by atoms with E-state index in [-0.39, 0.29) is 25.0 Å². The highest BCUT2D eigenvalue weighted by Crippen LogP contribution is 2.14. The van der Waals surface area contributed by atoms with Crippen molar-refractivity contribution in [2.75, 3.05) is 13.1 Å². The number of aromatic amines is 1. The van der Waals surface area contributed by atoms with E-state index in [0.29, 0.717) is 12.5 Å². The zero-order valence-electron chi connectivity index (χ0n) is 10.0. The molecule has 0 spiro atoms. The fourth-order valence-electron chi connectivity index (χ4n) is 1.88. The zero-order valence-corrected chi connectivity index (χ0v) is 10.0. The van der Waals surface area contributed by atoms with Gasteiger partial charge in [-0.2, -0.15) is 5.10 Å². The average molecular weight is 236 g/mol. The molecule has 2 rings (SSSR count). The number of aromatic nitrogens is 2. The van der Waals surface area contributed by atoms with E-state index in [9.17, 15) is 9.59 Å². The van der Waals surface area contributed by atoms with Crippen LogP contribution in [0.1, 0.15) is 19.5 Å². The molecule has 1 N–H and O–H groups in total. The lowest BCUT2D eigenvalue weighted by atomic mass is 10.2. The van der Waals surface area contributed by atoms with Crippen LogP contribution in [-0.2, 0) is 11.3 Å². The van der Waals surface area contributed by atoms with Crippen molar-refractivity contribution < 1.29 is 9.59 Å². The molecule has 6 nitrogen and oxygen atoms in total. The van der Waals surface area contributed by atoms with Crippen LogP contribution in [0.2, 0.25) is 0 Å². The van der Waals surface area contributed by atoms with Gasteiger partial charge in [-0.1, -0.05) is 13.8 Å². The number of hydrogen-bond acceptors (Lipinski definition) is 3. The van der Waals surface area contributed by atoms with Gasteiger partial charge in [0.25, 0.3) is 5.91 Å². The first-order valence-corrected chi connectivity index (χ1v) is 5.65. The Labute approximate surface area is 99.6 Å². The van der Waals surface area contributed by atoms with Crippen molar-refractivity contribution in [3.05, 3.63) is 18.0 Å². The number of amides is 3.